The van der Waals surface area contributed by atoms with Crippen LogP contribution in [0.3, 0.4) is 0 Å². The van der Waals surface area contributed by atoms with Gasteiger partial charge in [0.2, 0.25) is 0 Å². The van der Waals surface area contributed by atoms with Gasteiger partial charge in [-0.1, -0.05) is 36.4 Å². The molecule has 0 aliphatic rings. The van der Waals surface area contributed by atoms with Crippen LogP contribution in [0, 0.1) is 21.4 Å². The summed E-state index contributed by atoms with van der Waals surface area (Å²) in [5.41, 5.74) is 2.26. The minimum atomic E-state index is -0.473. The summed E-state index contributed by atoms with van der Waals surface area (Å²) >= 11 is 0. The molecular weight excluding hydrogens is 422 g/mol. The third-order valence-electron chi connectivity index (χ3n) is 4.70. The Kier molecular flexibility index (Phi) is 7.76. The molecule has 8 nitrogen and oxygen atoms in total. The summed E-state index contributed by atoms with van der Waals surface area (Å²) in [7, 11) is 1.49. The average molecular weight is 443 g/mol. The first-order chi connectivity index (χ1) is 16.0. The molecule has 1 N–H and O–H groups in total. The number of nitro benzene ring substituents is 1. The second-order valence-corrected chi connectivity index (χ2v) is 6.96. The molecule has 0 aromatic heterocycles. The predicted molar refractivity (Wildman–Crippen MR) is 122 cm³/mol. The summed E-state index contributed by atoms with van der Waals surface area (Å²) in [4.78, 5) is 22.7. The molecule has 33 heavy (non-hydrogen) atoms. The number of carbonyl (C=O) groups excluding carboxylic acids is 1. The van der Waals surface area contributed by atoms with E-state index in [1.54, 1.807) is 30.3 Å². The largest absolute Gasteiger partial charge is 0.493 e. The highest BCUT2D eigenvalue weighted by atomic mass is 16.6. The van der Waals surface area contributed by atoms with E-state index in [0.29, 0.717) is 23.6 Å². The molecule has 0 atom stereocenters. The Morgan fingerprint density at radius 3 is 2.42 bits per heavy atom. The summed E-state index contributed by atoms with van der Waals surface area (Å²) in [6.45, 7) is 0.506. The molecule has 0 heterocycles. The standard InChI is InChI=1S/C25H21N3O5/c1-32-24-14-20(13-21(15-26)25(29)27-16-18-5-3-2-4-6-18)9-12-23(24)33-17-19-7-10-22(11-8-19)28(30)31/h2-14H,16-17H2,1H3,(H,27,29)/b21-13+. The number of nitro groups is 1. The lowest BCUT2D eigenvalue weighted by Gasteiger charge is -2.11. The van der Waals surface area contributed by atoms with E-state index in [0.717, 1.165) is 11.1 Å². The van der Waals surface area contributed by atoms with Gasteiger partial charge in [0.25, 0.3) is 11.6 Å². The van der Waals surface area contributed by atoms with Gasteiger partial charge in [0.05, 0.1) is 12.0 Å². The molecule has 3 rings (SSSR count). The van der Waals surface area contributed by atoms with Crippen molar-refractivity contribution in [2.24, 2.45) is 0 Å². The van der Waals surface area contributed by atoms with Gasteiger partial charge in [-0.2, -0.15) is 5.26 Å². The van der Waals surface area contributed by atoms with Crippen LogP contribution in [-0.2, 0) is 17.9 Å². The van der Waals surface area contributed by atoms with Gasteiger partial charge in [0.15, 0.2) is 11.5 Å². The zero-order valence-electron chi connectivity index (χ0n) is 17.9. The smallest absolute Gasteiger partial charge is 0.269 e. The van der Waals surface area contributed by atoms with Crippen molar-refractivity contribution in [1.29, 1.82) is 5.26 Å². The van der Waals surface area contributed by atoms with Crippen molar-refractivity contribution in [1.82, 2.24) is 5.32 Å². The summed E-state index contributed by atoms with van der Waals surface area (Å²) in [5.74, 6) is 0.409. The molecule has 0 aliphatic carbocycles. The van der Waals surface area contributed by atoms with Crippen LogP contribution in [0.15, 0.2) is 78.4 Å². The molecule has 0 saturated heterocycles. The molecule has 0 unspecified atom stereocenters. The third-order valence-corrected chi connectivity index (χ3v) is 4.70. The van der Waals surface area contributed by atoms with E-state index in [1.165, 1.54) is 25.3 Å². The minimum absolute atomic E-state index is 0.00794. The molecule has 0 aliphatic heterocycles. The number of carbonyl (C=O) groups is 1. The van der Waals surface area contributed by atoms with Gasteiger partial charge in [0, 0.05) is 18.7 Å². The number of benzene rings is 3. The van der Waals surface area contributed by atoms with Crippen molar-refractivity contribution in [2.45, 2.75) is 13.2 Å². The lowest BCUT2D eigenvalue weighted by atomic mass is 10.1. The minimum Gasteiger partial charge on any atom is -0.493 e. The number of methoxy groups -OCH3 is 1. The first-order valence-corrected chi connectivity index (χ1v) is 9.98. The second-order valence-electron chi connectivity index (χ2n) is 6.96. The van der Waals surface area contributed by atoms with E-state index in [4.69, 9.17) is 9.47 Å². The second kappa shape index (κ2) is 11.1. The van der Waals surface area contributed by atoms with E-state index in [1.807, 2.05) is 36.4 Å². The molecule has 0 fully saturated rings. The van der Waals surface area contributed by atoms with Crippen LogP contribution in [-0.4, -0.2) is 17.9 Å². The van der Waals surface area contributed by atoms with Gasteiger partial charge < -0.3 is 14.8 Å². The van der Waals surface area contributed by atoms with Gasteiger partial charge in [-0.15, -0.1) is 0 Å². The SMILES string of the molecule is COc1cc(/C=C(\C#N)C(=O)NCc2ccccc2)ccc1OCc1ccc([N+](=O)[O-])cc1. The van der Waals surface area contributed by atoms with Crippen LogP contribution in [0.4, 0.5) is 5.69 Å². The number of hydrogen-bond donors (Lipinski definition) is 1. The lowest BCUT2D eigenvalue weighted by Crippen LogP contribution is -2.23. The van der Waals surface area contributed by atoms with Crippen molar-refractivity contribution < 1.29 is 19.2 Å². The molecule has 3 aromatic carbocycles. The van der Waals surface area contributed by atoms with Gasteiger partial charge in [-0.05, 0) is 47.0 Å². The summed E-state index contributed by atoms with van der Waals surface area (Å²) < 4.78 is 11.2. The zero-order valence-corrected chi connectivity index (χ0v) is 17.9. The topological polar surface area (TPSA) is 114 Å². The van der Waals surface area contributed by atoms with Crippen LogP contribution in [0.2, 0.25) is 0 Å². The van der Waals surface area contributed by atoms with E-state index in [9.17, 15) is 20.2 Å². The first-order valence-electron chi connectivity index (χ1n) is 9.98. The number of rotatable bonds is 9. The van der Waals surface area contributed by atoms with Crippen molar-refractivity contribution in [2.75, 3.05) is 7.11 Å². The fraction of sp³-hybridized carbons (Fsp3) is 0.120. The highest BCUT2D eigenvalue weighted by Crippen LogP contribution is 2.30. The molecule has 0 radical (unpaired) electrons. The maximum atomic E-state index is 12.4. The maximum absolute atomic E-state index is 12.4. The van der Waals surface area contributed by atoms with Gasteiger partial charge in [0.1, 0.15) is 18.2 Å². The fourth-order valence-electron chi connectivity index (χ4n) is 2.96. The lowest BCUT2D eigenvalue weighted by molar-refractivity contribution is -0.384. The fourth-order valence-corrected chi connectivity index (χ4v) is 2.96. The number of nitrogens with one attached hydrogen (secondary N) is 1. The highest BCUT2D eigenvalue weighted by Gasteiger charge is 2.11. The van der Waals surface area contributed by atoms with Crippen molar-refractivity contribution in [3.05, 3.63) is 105 Å². The van der Waals surface area contributed by atoms with Crippen molar-refractivity contribution in [3.8, 4) is 17.6 Å². The number of nitriles is 1. The first kappa shape index (κ1) is 23.0. The molecule has 3 aromatic rings. The maximum Gasteiger partial charge on any atom is 0.269 e. The summed E-state index contributed by atoms with van der Waals surface area (Å²) in [6, 6.07) is 22.4. The number of ether oxygens (including phenoxy) is 2. The van der Waals surface area contributed by atoms with E-state index < -0.39 is 10.8 Å². The Morgan fingerprint density at radius 2 is 1.79 bits per heavy atom. The monoisotopic (exact) mass is 443 g/mol. The van der Waals surface area contributed by atoms with Gasteiger partial charge in [-0.3, -0.25) is 14.9 Å². The summed E-state index contributed by atoms with van der Waals surface area (Å²) in [5, 5.41) is 22.9. The van der Waals surface area contributed by atoms with Crippen LogP contribution in [0.1, 0.15) is 16.7 Å². The number of non-ortho nitro benzene ring substituents is 1. The van der Waals surface area contributed by atoms with Gasteiger partial charge >= 0.3 is 0 Å². The Hall–Kier alpha value is -4.64. The highest BCUT2D eigenvalue weighted by molar-refractivity contribution is 6.01. The van der Waals surface area contributed by atoms with Crippen LogP contribution < -0.4 is 14.8 Å². The van der Waals surface area contributed by atoms with E-state index in [2.05, 4.69) is 5.32 Å². The van der Waals surface area contributed by atoms with Crippen molar-refractivity contribution in [3.63, 3.8) is 0 Å². The normalized spacial score (nSPS) is 10.7. The quantitative estimate of drug-likeness (QED) is 0.227. The van der Waals surface area contributed by atoms with Crippen molar-refractivity contribution >= 4 is 17.7 Å². The Bertz CT molecular complexity index is 1200. The average Bonchev–Trinajstić information content (AvgIpc) is 2.85. The Balaban J connectivity index is 1.68. The molecule has 0 bridgehead atoms. The zero-order chi connectivity index (χ0) is 23.6. The molecule has 1 amide bonds. The summed E-state index contributed by atoms with van der Waals surface area (Å²) in [6.07, 6.45) is 1.48. The third kappa shape index (κ3) is 6.42. The molecule has 166 valence electrons. The molecule has 0 spiro atoms. The van der Waals surface area contributed by atoms with Crippen LogP contribution in [0.5, 0.6) is 11.5 Å². The van der Waals surface area contributed by atoms with Crippen LogP contribution in [0.25, 0.3) is 6.08 Å². The molecule has 8 heteroatoms. The van der Waals surface area contributed by atoms with Gasteiger partial charge in [-0.25, -0.2) is 0 Å². The van der Waals surface area contributed by atoms with E-state index >= 15 is 0 Å². The van der Waals surface area contributed by atoms with E-state index in [-0.39, 0.29) is 17.9 Å². The molecular formula is C25H21N3O5. The number of hydrogen-bond acceptors (Lipinski definition) is 6. The van der Waals surface area contributed by atoms with Crippen LogP contribution >= 0.6 is 0 Å². The number of nitrogens with zero attached hydrogens (tertiary/aromatic N) is 2. The predicted octanol–water partition coefficient (Wildman–Crippen LogP) is 4.41. The molecule has 0 saturated carbocycles. The Morgan fingerprint density at radius 1 is 1.06 bits per heavy atom. The Labute approximate surface area is 190 Å². The number of amides is 1.